The summed E-state index contributed by atoms with van der Waals surface area (Å²) < 4.78 is 96.2. The normalized spacial score (nSPS) is 16.0. The van der Waals surface area contributed by atoms with E-state index in [0.29, 0.717) is 12.1 Å². The second-order valence-electron chi connectivity index (χ2n) is 5.62. The molecule has 1 aromatic carbocycles. The van der Waals surface area contributed by atoms with Crippen LogP contribution in [0.1, 0.15) is 24.0 Å². The van der Waals surface area contributed by atoms with Crippen LogP contribution in [0.2, 0.25) is 0 Å². The van der Waals surface area contributed by atoms with Crippen molar-refractivity contribution in [2.45, 2.75) is 31.6 Å². The lowest BCUT2D eigenvalue weighted by Crippen LogP contribution is -2.29. The number of halogens is 8. The third kappa shape index (κ3) is 6.77. The number of benzene rings is 1. The fourth-order valence-corrected chi connectivity index (χ4v) is 2.34. The summed E-state index contributed by atoms with van der Waals surface area (Å²) in [6.07, 6.45) is -8.10. The molecule has 0 unspecified atom stereocenters. The van der Waals surface area contributed by atoms with Crippen LogP contribution in [0.25, 0.3) is 0 Å². The van der Waals surface area contributed by atoms with Gasteiger partial charge in [0.2, 0.25) is 0 Å². The molecule has 1 fully saturated rings. The first-order chi connectivity index (χ1) is 11.8. The lowest BCUT2D eigenvalue weighted by molar-refractivity contribution is -0.192. The largest absolute Gasteiger partial charge is 0.490 e. The summed E-state index contributed by atoms with van der Waals surface area (Å²) in [6, 6.07) is 0.749. The minimum Gasteiger partial charge on any atom is -0.475 e. The zero-order valence-corrected chi connectivity index (χ0v) is 13.1. The number of piperidine rings is 1. The fraction of sp³-hybridized carbons (Fsp3) is 0.533. The van der Waals surface area contributed by atoms with Crippen molar-refractivity contribution in [3.05, 3.63) is 34.9 Å². The van der Waals surface area contributed by atoms with Gasteiger partial charge in [-0.1, -0.05) is 0 Å². The standard InChI is InChI=1S/C13H14F5N.C2HF3O2/c14-11-6-9(13(16,17)18)7-12(15)10(11)5-8-1-3-19-4-2-8;3-2(4,5)1(6)7/h6-8,19H,1-5H2;(H,6,7). The number of carbonyl (C=O) groups is 1. The molecule has 0 spiro atoms. The van der Waals surface area contributed by atoms with Gasteiger partial charge < -0.3 is 10.4 Å². The molecule has 1 aromatic rings. The fourth-order valence-electron chi connectivity index (χ4n) is 2.34. The zero-order valence-electron chi connectivity index (χ0n) is 13.1. The predicted molar refractivity (Wildman–Crippen MR) is 74.3 cm³/mol. The van der Waals surface area contributed by atoms with Gasteiger partial charge in [0.15, 0.2) is 0 Å². The average Bonchev–Trinajstić information content (AvgIpc) is 2.50. The molecule has 0 saturated carbocycles. The monoisotopic (exact) mass is 393 g/mol. The second kappa shape index (κ2) is 8.65. The van der Waals surface area contributed by atoms with Crippen molar-refractivity contribution >= 4 is 5.97 Å². The van der Waals surface area contributed by atoms with Crippen molar-refractivity contribution in [1.29, 1.82) is 0 Å². The van der Waals surface area contributed by atoms with Crippen molar-refractivity contribution in [3.8, 4) is 0 Å². The van der Waals surface area contributed by atoms with E-state index in [-0.39, 0.29) is 17.9 Å². The first-order valence-electron chi connectivity index (χ1n) is 7.38. The Bertz CT molecular complexity index is 598. The minimum atomic E-state index is -5.08. The van der Waals surface area contributed by atoms with Crippen LogP contribution in [0.5, 0.6) is 0 Å². The molecule has 1 aliphatic rings. The Morgan fingerprint density at radius 1 is 1.04 bits per heavy atom. The molecule has 3 nitrogen and oxygen atoms in total. The maximum absolute atomic E-state index is 13.6. The molecule has 1 heterocycles. The van der Waals surface area contributed by atoms with E-state index in [2.05, 4.69) is 5.32 Å². The number of carboxylic acid groups (broad SMARTS) is 1. The highest BCUT2D eigenvalue weighted by Crippen LogP contribution is 2.32. The minimum absolute atomic E-state index is 0.113. The maximum Gasteiger partial charge on any atom is 0.490 e. The summed E-state index contributed by atoms with van der Waals surface area (Å²) in [5.74, 6) is -4.86. The van der Waals surface area contributed by atoms with Crippen molar-refractivity contribution in [2.75, 3.05) is 13.1 Å². The molecule has 0 aromatic heterocycles. The Morgan fingerprint density at radius 2 is 1.46 bits per heavy atom. The molecular weight excluding hydrogens is 378 g/mol. The van der Waals surface area contributed by atoms with Crippen LogP contribution in [0.3, 0.4) is 0 Å². The lowest BCUT2D eigenvalue weighted by atomic mass is 9.90. The Kier molecular flexibility index (Phi) is 7.36. The summed E-state index contributed by atoms with van der Waals surface area (Å²) >= 11 is 0. The van der Waals surface area contributed by atoms with Gasteiger partial charge in [0.05, 0.1) is 5.56 Å². The number of carboxylic acids is 1. The van der Waals surface area contributed by atoms with Crippen LogP contribution in [0, 0.1) is 17.6 Å². The predicted octanol–water partition coefficient (Wildman–Crippen LogP) is 4.16. The van der Waals surface area contributed by atoms with Gasteiger partial charge in [-0.2, -0.15) is 26.3 Å². The second-order valence-corrected chi connectivity index (χ2v) is 5.62. The highest BCUT2D eigenvalue weighted by molar-refractivity contribution is 5.73. The molecule has 0 aliphatic carbocycles. The van der Waals surface area contributed by atoms with Crippen molar-refractivity contribution in [1.82, 2.24) is 5.32 Å². The molecule has 2 N–H and O–H groups in total. The first-order valence-corrected chi connectivity index (χ1v) is 7.38. The number of hydrogen-bond donors (Lipinski definition) is 2. The molecule has 0 atom stereocenters. The van der Waals surface area contributed by atoms with Crippen LogP contribution in [0.15, 0.2) is 12.1 Å². The highest BCUT2D eigenvalue weighted by Gasteiger charge is 2.38. The van der Waals surface area contributed by atoms with Gasteiger partial charge in [-0.05, 0) is 50.4 Å². The number of nitrogens with one attached hydrogen (secondary N) is 1. The molecule has 11 heteroatoms. The molecule has 1 aliphatic heterocycles. The highest BCUT2D eigenvalue weighted by atomic mass is 19.4. The molecule has 0 amide bonds. The van der Waals surface area contributed by atoms with Crippen molar-refractivity contribution < 1.29 is 45.0 Å². The van der Waals surface area contributed by atoms with Gasteiger partial charge in [0.25, 0.3) is 0 Å². The van der Waals surface area contributed by atoms with E-state index < -0.39 is 35.5 Å². The number of alkyl halides is 6. The van der Waals surface area contributed by atoms with E-state index in [4.69, 9.17) is 9.90 Å². The van der Waals surface area contributed by atoms with Crippen LogP contribution < -0.4 is 5.32 Å². The van der Waals surface area contributed by atoms with Crippen LogP contribution in [-0.4, -0.2) is 30.3 Å². The molecule has 26 heavy (non-hydrogen) atoms. The Morgan fingerprint density at radius 3 is 1.81 bits per heavy atom. The van der Waals surface area contributed by atoms with Gasteiger partial charge in [-0.25, -0.2) is 13.6 Å². The Labute approximate surface area is 143 Å². The summed E-state index contributed by atoms with van der Waals surface area (Å²) in [5.41, 5.74) is -1.52. The SMILES string of the molecule is Fc1cc(C(F)(F)F)cc(F)c1CC1CCNCC1.O=C(O)C(F)(F)F. The topological polar surface area (TPSA) is 49.3 Å². The number of aliphatic carboxylic acids is 1. The van der Waals surface area contributed by atoms with Gasteiger partial charge in [-0.3, -0.25) is 0 Å². The van der Waals surface area contributed by atoms with E-state index in [1.807, 2.05) is 0 Å². The molecule has 148 valence electrons. The van der Waals surface area contributed by atoms with E-state index in [1.165, 1.54) is 0 Å². The van der Waals surface area contributed by atoms with Gasteiger partial charge in [-0.15, -0.1) is 0 Å². The van der Waals surface area contributed by atoms with Crippen LogP contribution in [0.4, 0.5) is 35.1 Å². The third-order valence-corrected chi connectivity index (χ3v) is 3.66. The van der Waals surface area contributed by atoms with Gasteiger partial charge >= 0.3 is 18.3 Å². The summed E-state index contributed by atoms with van der Waals surface area (Å²) in [4.78, 5) is 8.90. The van der Waals surface area contributed by atoms with E-state index in [0.717, 1.165) is 25.9 Å². The smallest absolute Gasteiger partial charge is 0.475 e. The van der Waals surface area contributed by atoms with E-state index in [9.17, 15) is 35.1 Å². The zero-order chi connectivity index (χ0) is 20.1. The third-order valence-electron chi connectivity index (χ3n) is 3.66. The molecular formula is C15H15F8NO2. The first kappa shape index (κ1) is 22.1. The van der Waals surface area contributed by atoms with Crippen molar-refractivity contribution in [2.24, 2.45) is 5.92 Å². The molecule has 2 rings (SSSR count). The van der Waals surface area contributed by atoms with Crippen LogP contribution >= 0.6 is 0 Å². The Hall–Kier alpha value is -1.91. The quantitative estimate of drug-likeness (QED) is 0.742. The maximum atomic E-state index is 13.6. The molecule has 1 saturated heterocycles. The average molecular weight is 393 g/mol. The van der Waals surface area contributed by atoms with E-state index in [1.54, 1.807) is 0 Å². The summed E-state index contributed by atoms with van der Waals surface area (Å²) in [5, 5.41) is 10.2. The lowest BCUT2D eigenvalue weighted by Gasteiger charge is -2.23. The molecule has 0 radical (unpaired) electrons. The number of hydrogen-bond acceptors (Lipinski definition) is 2. The summed E-state index contributed by atoms with van der Waals surface area (Å²) in [7, 11) is 0. The molecule has 0 bridgehead atoms. The van der Waals surface area contributed by atoms with Gasteiger partial charge in [0, 0.05) is 5.56 Å². The number of rotatable bonds is 2. The van der Waals surface area contributed by atoms with E-state index >= 15 is 0 Å². The van der Waals surface area contributed by atoms with Crippen LogP contribution in [-0.2, 0) is 17.4 Å². The Balaban J connectivity index is 0.000000412. The van der Waals surface area contributed by atoms with Gasteiger partial charge in [0.1, 0.15) is 11.6 Å². The summed E-state index contributed by atoms with van der Waals surface area (Å²) in [6.45, 7) is 1.54. The van der Waals surface area contributed by atoms with Crippen molar-refractivity contribution in [3.63, 3.8) is 0 Å².